The third kappa shape index (κ3) is 6.98. The second kappa shape index (κ2) is 11.8. The quantitative estimate of drug-likeness (QED) is 0.383. The summed E-state index contributed by atoms with van der Waals surface area (Å²) in [5.74, 6) is 0.735. The summed E-state index contributed by atoms with van der Waals surface area (Å²) in [5.41, 5.74) is 3.21. The number of hydrogen-bond acceptors (Lipinski definition) is 6. The van der Waals surface area contributed by atoms with Crippen LogP contribution in [0.3, 0.4) is 0 Å². The molecule has 8 heteroatoms. The molecule has 1 fully saturated rings. The van der Waals surface area contributed by atoms with Crippen LogP contribution in [0.15, 0.2) is 76.8 Å². The molecule has 1 aliphatic rings. The number of aromatic nitrogens is 1. The SMILES string of the molecule is Cc1ccc(S(=O)(=O)n2cc(CSc3ccccc3)c(CN3CCN(CCN(C)C)CC3)c2)cc1. The van der Waals surface area contributed by atoms with Gasteiger partial charge in [-0.15, -0.1) is 11.8 Å². The zero-order valence-corrected chi connectivity index (χ0v) is 22.6. The predicted molar refractivity (Wildman–Crippen MR) is 144 cm³/mol. The highest BCUT2D eigenvalue weighted by molar-refractivity contribution is 7.98. The van der Waals surface area contributed by atoms with Crippen LogP contribution < -0.4 is 0 Å². The van der Waals surface area contributed by atoms with Crippen molar-refractivity contribution in [3.05, 3.63) is 83.7 Å². The molecular formula is C27H36N4O2S2. The molecule has 0 N–H and O–H groups in total. The molecule has 0 saturated carbocycles. The molecule has 0 spiro atoms. The molecule has 188 valence electrons. The Bertz CT molecular complexity index is 1180. The minimum absolute atomic E-state index is 0.321. The van der Waals surface area contributed by atoms with Crippen molar-refractivity contribution < 1.29 is 8.42 Å². The number of piperazine rings is 1. The molecule has 0 radical (unpaired) electrons. The van der Waals surface area contributed by atoms with Crippen molar-refractivity contribution in [2.75, 3.05) is 53.4 Å². The van der Waals surface area contributed by atoms with Crippen molar-refractivity contribution in [1.29, 1.82) is 0 Å². The second-order valence-electron chi connectivity index (χ2n) is 9.48. The van der Waals surface area contributed by atoms with Crippen LogP contribution in [0.1, 0.15) is 16.7 Å². The maximum absolute atomic E-state index is 13.4. The molecule has 0 bridgehead atoms. The normalized spacial score (nSPS) is 15.7. The lowest BCUT2D eigenvalue weighted by atomic mass is 10.2. The zero-order chi connectivity index (χ0) is 24.8. The number of benzene rings is 2. The van der Waals surface area contributed by atoms with Crippen molar-refractivity contribution in [3.63, 3.8) is 0 Å². The Morgan fingerprint density at radius 3 is 2.14 bits per heavy atom. The van der Waals surface area contributed by atoms with Gasteiger partial charge in [-0.2, -0.15) is 0 Å². The first kappa shape index (κ1) is 26.0. The maximum Gasteiger partial charge on any atom is 0.267 e. The predicted octanol–water partition coefficient (Wildman–Crippen LogP) is 4.01. The standard InChI is InChI=1S/C27H36N4O2S2/c1-23-9-11-27(12-10-23)35(32,33)31-20-24(25(21-31)22-34-26-7-5-4-6-8-26)19-30-17-15-29(16-18-30)14-13-28(2)3/h4-12,20-21H,13-19,22H2,1-3H3. The van der Waals surface area contributed by atoms with Crippen molar-refractivity contribution in [2.45, 2.75) is 29.0 Å². The summed E-state index contributed by atoms with van der Waals surface area (Å²) >= 11 is 1.74. The average Bonchev–Trinajstić information content (AvgIpc) is 3.26. The molecule has 35 heavy (non-hydrogen) atoms. The van der Waals surface area contributed by atoms with Gasteiger partial charge in [-0.05, 0) is 56.4 Å². The van der Waals surface area contributed by atoms with Crippen molar-refractivity contribution in [3.8, 4) is 0 Å². The first-order valence-corrected chi connectivity index (χ1v) is 14.5. The van der Waals surface area contributed by atoms with E-state index in [0.717, 1.165) is 68.3 Å². The molecule has 2 heterocycles. The van der Waals surface area contributed by atoms with Crippen LogP contribution in [-0.2, 0) is 22.3 Å². The van der Waals surface area contributed by atoms with Gasteiger partial charge in [-0.1, -0.05) is 35.9 Å². The second-order valence-corrected chi connectivity index (χ2v) is 12.4. The van der Waals surface area contributed by atoms with Gasteiger partial charge in [-0.3, -0.25) is 9.80 Å². The summed E-state index contributed by atoms with van der Waals surface area (Å²) in [6.45, 7) is 8.97. The number of hydrogen-bond donors (Lipinski definition) is 0. The lowest BCUT2D eigenvalue weighted by Gasteiger charge is -2.35. The Balaban J connectivity index is 1.51. The van der Waals surface area contributed by atoms with E-state index in [-0.39, 0.29) is 0 Å². The van der Waals surface area contributed by atoms with E-state index in [1.54, 1.807) is 23.9 Å². The van der Waals surface area contributed by atoms with Crippen LogP contribution in [0.2, 0.25) is 0 Å². The molecule has 2 aromatic carbocycles. The summed E-state index contributed by atoms with van der Waals surface area (Å²) in [6, 6.07) is 17.3. The third-order valence-corrected chi connectivity index (χ3v) is 9.13. The van der Waals surface area contributed by atoms with Gasteiger partial charge >= 0.3 is 0 Å². The van der Waals surface area contributed by atoms with E-state index >= 15 is 0 Å². The highest BCUT2D eigenvalue weighted by Crippen LogP contribution is 2.27. The van der Waals surface area contributed by atoms with Crippen LogP contribution in [0.4, 0.5) is 0 Å². The summed E-state index contributed by atoms with van der Waals surface area (Å²) in [5, 5.41) is 0. The van der Waals surface area contributed by atoms with Crippen LogP contribution >= 0.6 is 11.8 Å². The van der Waals surface area contributed by atoms with E-state index in [0.29, 0.717) is 4.90 Å². The fourth-order valence-corrected chi connectivity index (χ4v) is 6.37. The van der Waals surface area contributed by atoms with E-state index < -0.39 is 10.0 Å². The van der Waals surface area contributed by atoms with Gasteiger partial charge in [0.15, 0.2) is 0 Å². The lowest BCUT2D eigenvalue weighted by Crippen LogP contribution is -2.47. The number of thioether (sulfide) groups is 1. The summed E-state index contributed by atoms with van der Waals surface area (Å²) in [7, 11) is 0.594. The monoisotopic (exact) mass is 512 g/mol. The summed E-state index contributed by atoms with van der Waals surface area (Å²) in [6.07, 6.45) is 3.64. The fourth-order valence-electron chi connectivity index (χ4n) is 4.18. The van der Waals surface area contributed by atoms with E-state index in [1.807, 2.05) is 49.6 Å². The smallest absolute Gasteiger partial charge is 0.267 e. The third-order valence-electron chi connectivity index (χ3n) is 6.43. The van der Waals surface area contributed by atoms with E-state index in [1.165, 1.54) is 8.87 Å². The molecule has 1 saturated heterocycles. The number of nitrogens with zero attached hydrogens (tertiary/aromatic N) is 4. The summed E-state index contributed by atoms with van der Waals surface area (Å²) in [4.78, 5) is 8.68. The van der Waals surface area contributed by atoms with Crippen molar-refractivity contribution in [2.24, 2.45) is 0 Å². The minimum atomic E-state index is -3.63. The van der Waals surface area contributed by atoms with Crippen LogP contribution in [-0.4, -0.2) is 80.5 Å². The zero-order valence-electron chi connectivity index (χ0n) is 20.9. The van der Waals surface area contributed by atoms with E-state index in [4.69, 9.17) is 0 Å². The Morgan fingerprint density at radius 2 is 1.49 bits per heavy atom. The van der Waals surface area contributed by atoms with Gasteiger partial charge in [0.1, 0.15) is 0 Å². The molecule has 0 aliphatic carbocycles. The number of rotatable bonds is 10. The molecule has 1 aromatic heterocycles. The Morgan fingerprint density at radius 1 is 0.857 bits per heavy atom. The molecule has 6 nitrogen and oxygen atoms in total. The number of aryl methyl sites for hydroxylation is 1. The molecule has 0 atom stereocenters. The molecule has 3 aromatic rings. The Kier molecular flexibility index (Phi) is 8.73. The van der Waals surface area contributed by atoms with Crippen LogP contribution in [0.5, 0.6) is 0 Å². The van der Waals surface area contributed by atoms with Crippen LogP contribution in [0, 0.1) is 6.92 Å². The topological polar surface area (TPSA) is 48.8 Å². The highest BCUT2D eigenvalue weighted by atomic mass is 32.2. The lowest BCUT2D eigenvalue weighted by molar-refractivity contribution is 0.120. The van der Waals surface area contributed by atoms with E-state index in [2.05, 4.69) is 40.9 Å². The molecule has 0 unspecified atom stereocenters. The van der Waals surface area contributed by atoms with Gasteiger partial charge in [0.25, 0.3) is 10.0 Å². The minimum Gasteiger partial charge on any atom is -0.308 e. The largest absolute Gasteiger partial charge is 0.308 e. The van der Waals surface area contributed by atoms with Gasteiger partial charge in [-0.25, -0.2) is 12.4 Å². The average molecular weight is 513 g/mol. The molecule has 0 amide bonds. The first-order valence-electron chi connectivity index (χ1n) is 12.1. The van der Waals surface area contributed by atoms with Gasteiger partial charge < -0.3 is 4.90 Å². The van der Waals surface area contributed by atoms with Crippen molar-refractivity contribution >= 4 is 21.8 Å². The summed E-state index contributed by atoms with van der Waals surface area (Å²) < 4.78 is 28.2. The maximum atomic E-state index is 13.4. The fraction of sp³-hybridized carbons (Fsp3) is 0.407. The van der Waals surface area contributed by atoms with Crippen molar-refractivity contribution in [1.82, 2.24) is 18.7 Å². The first-order chi connectivity index (χ1) is 16.8. The highest BCUT2D eigenvalue weighted by Gasteiger charge is 2.22. The van der Waals surface area contributed by atoms with Gasteiger partial charge in [0, 0.05) is 68.9 Å². The number of likely N-dealkylation sites (N-methyl/N-ethyl adjacent to an activating group) is 1. The Hall–Kier alpha value is -2.10. The van der Waals surface area contributed by atoms with Gasteiger partial charge in [0.2, 0.25) is 0 Å². The molecular weight excluding hydrogens is 476 g/mol. The Labute approximate surface area is 214 Å². The van der Waals surface area contributed by atoms with Crippen LogP contribution in [0.25, 0.3) is 0 Å². The van der Waals surface area contributed by atoms with Gasteiger partial charge in [0.05, 0.1) is 4.90 Å². The molecule has 4 rings (SSSR count). The van der Waals surface area contributed by atoms with E-state index in [9.17, 15) is 8.42 Å². The molecule has 1 aliphatic heterocycles.